The lowest BCUT2D eigenvalue weighted by molar-refractivity contribution is -0.137. The van der Waals surface area contributed by atoms with Crippen LogP contribution >= 0.6 is 0 Å². The number of hydrogen-bond acceptors (Lipinski definition) is 8. The van der Waals surface area contributed by atoms with Crippen LogP contribution in [0.25, 0.3) is 0 Å². The van der Waals surface area contributed by atoms with Gasteiger partial charge in [-0.2, -0.15) is 10.4 Å². The molecule has 2 heterocycles. The van der Waals surface area contributed by atoms with E-state index in [0.717, 1.165) is 35.3 Å². The smallest absolute Gasteiger partial charge is 0.303 e. The zero-order chi connectivity index (χ0) is 23.7. The SMILES string of the molecule is N#Cc1ccc(CCCC(=O)O)c(NC(O)[C@@H]2C[C@]23CCOc2ccc(C4CN=NN4)cc23)c1. The number of carboxylic acids is 1. The molecule has 0 aromatic heterocycles. The van der Waals surface area contributed by atoms with E-state index in [9.17, 15) is 15.2 Å². The molecule has 0 amide bonds. The van der Waals surface area contributed by atoms with Gasteiger partial charge in [0.2, 0.25) is 0 Å². The Morgan fingerprint density at radius 3 is 3.00 bits per heavy atom. The number of benzene rings is 2. The van der Waals surface area contributed by atoms with Crippen molar-refractivity contribution in [3.05, 3.63) is 58.7 Å². The van der Waals surface area contributed by atoms with E-state index in [2.05, 4.69) is 33.2 Å². The molecule has 2 unspecified atom stereocenters. The number of aliphatic carboxylic acids is 1. The average Bonchev–Trinajstić information content (AvgIpc) is 3.28. The quantitative estimate of drug-likeness (QED) is 0.442. The molecule has 176 valence electrons. The van der Waals surface area contributed by atoms with Gasteiger partial charge in [0.15, 0.2) is 0 Å². The van der Waals surface area contributed by atoms with Gasteiger partial charge in [0.1, 0.15) is 12.0 Å². The summed E-state index contributed by atoms with van der Waals surface area (Å²) in [6.45, 7) is 1.20. The number of nitriles is 1. The summed E-state index contributed by atoms with van der Waals surface area (Å²) in [5.41, 5.74) is 7.14. The lowest BCUT2D eigenvalue weighted by atomic mass is 9.85. The normalized spacial score (nSPS) is 25.1. The van der Waals surface area contributed by atoms with Gasteiger partial charge in [-0.15, -0.1) is 0 Å². The molecule has 1 spiro atoms. The molecule has 4 N–H and O–H groups in total. The fraction of sp³-hybridized carbons (Fsp3) is 0.440. The minimum absolute atomic E-state index is 0.00563. The van der Waals surface area contributed by atoms with Crippen LogP contribution in [0.4, 0.5) is 5.69 Å². The number of aliphatic hydroxyl groups excluding tert-OH is 1. The zero-order valence-corrected chi connectivity index (χ0v) is 18.7. The number of aliphatic hydroxyl groups is 1. The van der Waals surface area contributed by atoms with E-state index >= 15 is 0 Å². The molecule has 1 saturated carbocycles. The van der Waals surface area contributed by atoms with Crippen molar-refractivity contribution in [1.82, 2.24) is 5.43 Å². The van der Waals surface area contributed by atoms with Crippen LogP contribution in [0.15, 0.2) is 46.7 Å². The van der Waals surface area contributed by atoms with Gasteiger partial charge in [0.25, 0.3) is 0 Å². The molecule has 2 aromatic carbocycles. The number of aryl methyl sites for hydroxylation is 1. The van der Waals surface area contributed by atoms with Crippen LogP contribution in [0, 0.1) is 17.2 Å². The number of rotatable bonds is 8. The van der Waals surface area contributed by atoms with Crippen molar-refractivity contribution < 1.29 is 19.7 Å². The Kier molecular flexibility index (Phi) is 5.84. The predicted molar refractivity (Wildman–Crippen MR) is 123 cm³/mol. The van der Waals surface area contributed by atoms with E-state index in [0.29, 0.717) is 37.2 Å². The van der Waals surface area contributed by atoms with Crippen LogP contribution in [-0.4, -0.2) is 35.6 Å². The van der Waals surface area contributed by atoms with Gasteiger partial charge < -0.3 is 20.3 Å². The first-order valence-corrected chi connectivity index (χ1v) is 11.6. The number of carbonyl (C=O) groups is 1. The number of carboxylic acid groups (broad SMARTS) is 1. The topological polar surface area (TPSA) is 139 Å². The number of anilines is 1. The summed E-state index contributed by atoms with van der Waals surface area (Å²) in [6.07, 6.45) is 1.96. The van der Waals surface area contributed by atoms with Gasteiger partial charge in [0.05, 0.1) is 30.8 Å². The maximum Gasteiger partial charge on any atom is 0.303 e. The first kappa shape index (κ1) is 22.2. The Hall–Kier alpha value is -3.64. The second-order valence-corrected chi connectivity index (χ2v) is 9.25. The van der Waals surface area contributed by atoms with Gasteiger partial charge in [-0.05, 0) is 61.1 Å². The molecule has 0 saturated heterocycles. The standard InChI is InChI=1S/C25H27N5O4/c26-13-15-4-5-16(2-1-3-23(31)32)20(10-15)28-24(33)19-12-25(19)8-9-34-22-7-6-17(11-18(22)25)21-14-27-30-29-21/h4-7,10-11,19,21,24,28,33H,1-3,8-9,12,14H2,(H,27,29)(H,31,32)/t19-,21?,24?,25-/m0/s1. The van der Waals surface area contributed by atoms with Crippen LogP contribution in [0.2, 0.25) is 0 Å². The molecule has 5 rings (SSSR count). The van der Waals surface area contributed by atoms with Gasteiger partial charge in [-0.3, -0.25) is 10.2 Å². The molecule has 34 heavy (non-hydrogen) atoms. The molecule has 1 fully saturated rings. The summed E-state index contributed by atoms with van der Waals surface area (Å²) in [5.74, 6) is 0.0159. The number of fused-ring (bicyclic) bond motifs is 2. The van der Waals surface area contributed by atoms with E-state index in [4.69, 9.17) is 9.84 Å². The molecule has 2 aromatic rings. The number of ether oxygens (including phenoxy) is 1. The number of nitrogens with zero attached hydrogens (tertiary/aromatic N) is 3. The summed E-state index contributed by atoms with van der Waals surface area (Å²) >= 11 is 0. The first-order valence-electron chi connectivity index (χ1n) is 11.6. The monoisotopic (exact) mass is 461 g/mol. The highest BCUT2D eigenvalue weighted by molar-refractivity contribution is 5.66. The molecule has 2 aliphatic heterocycles. The largest absolute Gasteiger partial charge is 0.493 e. The van der Waals surface area contributed by atoms with Crippen molar-refractivity contribution in [3.63, 3.8) is 0 Å². The van der Waals surface area contributed by atoms with Crippen molar-refractivity contribution in [1.29, 1.82) is 5.26 Å². The molecular weight excluding hydrogens is 434 g/mol. The van der Waals surface area contributed by atoms with E-state index in [1.807, 2.05) is 18.2 Å². The Morgan fingerprint density at radius 1 is 1.35 bits per heavy atom. The van der Waals surface area contributed by atoms with Crippen molar-refractivity contribution in [2.24, 2.45) is 16.3 Å². The Morgan fingerprint density at radius 2 is 2.24 bits per heavy atom. The van der Waals surface area contributed by atoms with Gasteiger partial charge in [-0.25, -0.2) is 0 Å². The minimum Gasteiger partial charge on any atom is -0.493 e. The van der Waals surface area contributed by atoms with Crippen LogP contribution in [0.5, 0.6) is 5.75 Å². The summed E-state index contributed by atoms with van der Waals surface area (Å²) in [7, 11) is 0. The fourth-order valence-electron chi connectivity index (χ4n) is 5.24. The Balaban J connectivity index is 1.35. The second kappa shape index (κ2) is 8.95. The molecule has 9 nitrogen and oxygen atoms in total. The summed E-state index contributed by atoms with van der Waals surface area (Å²) in [4.78, 5) is 10.9. The lowest BCUT2D eigenvalue weighted by Gasteiger charge is -2.29. The van der Waals surface area contributed by atoms with Crippen LogP contribution < -0.4 is 15.5 Å². The van der Waals surface area contributed by atoms with Gasteiger partial charge in [-0.1, -0.05) is 17.4 Å². The van der Waals surface area contributed by atoms with E-state index in [1.54, 1.807) is 12.1 Å². The molecular formula is C25H27N5O4. The van der Waals surface area contributed by atoms with Crippen molar-refractivity contribution >= 4 is 11.7 Å². The molecule has 3 aliphatic rings. The third kappa shape index (κ3) is 4.17. The Labute approximate surface area is 197 Å². The molecule has 0 bridgehead atoms. The van der Waals surface area contributed by atoms with Gasteiger partial charge >= 0.3 is 5.97 Å². The minimum atomic E-state index is -0.837. The highest BCUT2D eigenvalue weighted by Gasteiger charge is 2.60. The van der Waals surface area contributed by atoms with Crippen LogP contribution in [0.3, 0.4) is 0 Å². The van der Waals surface area contributed by atoms with E-state index in [-0.39, 0.29) is 23.8 Å². The van der Waals surface area contributed by atoms with Crippen molar-refractivity contribution in [2.45, 2.75) is 49.8 Å². The van der Waals surface area contributed by atoms with Gasteiger partial charge in [0, 0.05) is 29.0 Å². The fourth-order valence-corrected chi connectivity index (χ4v) is 5.24. The third-order valence-corrected chi connectivity index (χ3v) is 7.19. The highest BCUT2D eigenvalue weighted by Crippen LogP contribution is 2.62. The second-order valence-electron chi connectivity index (χ2n) is 9.25. The molecule has 4 atom stereocenters. The summed E-state index contributed by atoms with van der Waals surface area (Å²) < 4.78 is 5.92. The van der Waals surface area contributed by atoms with Crippen molar-refractivity contribution in [2.75, 3.05) is 18.5 Å². The first-order chi connectivity index (χ1) is 16.5. The average molecular weight is 462 g/mol. The maximum atomic E-state index is 11.2. The van der Waals surface area contributed by atoms with E-state index in [1.165, 1.54) is 0 Å². The molecule has 9 heteroatoms. The Bertz CT molecular complexity index is 1170. The zero-order valence-electron chi connectivity index (χ0n) is 18.7. The molecule has 1 aliphatic carbocycles. The summed E-state index contributed by atoms with van der Waals surface area (Å²) in [5, 5.41) is 40.6. The molecule has 0 radical (unpaired) electrons. The van der Waals surface area contributed by atoms with Crippen LogP contribution in [0.1, 0.15) is 54.0 Å². The lowest BCUT2D eigenvalue weighted by Crippen LogP contribution is -2.30. The van der Waals surface area contributed by atoms with E-state index < -0.39 is 12.2 Å². The van der Waals surface area contributed by atoms with Crippen molar-refractivity contribution in [3.8, 4) is 11.8 Å². The predicted octanol–water partition coefficient (Wildman–Crippen LogP) is 3.45. The maximum absolute atomic E-state index is 11.2. The third-order valence-electron chi connectivity index (χ3n) is 7.19. The highest BCUT2D eigenvalue weighted by atomic mass is 16.5. The summed E-state index contributed by atoms with van der Waals surface area (Å²) in [6, 6.07) is 13.7. The number of hydrogen-bond donors (Lipinski definition) is 4. The van der Waals surface area contributed by atoms with Crippen LogP contribution in [-0.2, 0) is 16.6 Å². The number of nitrogens with one attached hydrogen (secondary N) is 2.